The molecule has 20 heavy (non-hydrogen) atoms. The van der Waals surface area contributed by atoms with Gasteiger partial charge in [0.15, 0.2) is 0 Å². The summed E-state index contributed by atoms with van der Waals surface area (Å²) in [5, 5.41) is 0. The molecule has 0 aliphatic carbocycles. The fourth-order valence-electron chi connectivity index (χ4n) is 2.09. The van der Waals surface area contributed by atoms with Crippen LogP contribution in [0.15, 0.2) is 40.9 Å². The molecule has 2 rings (SSSR count). The molecule has 0 spiro atoms. The summed E-state index contributed by atoms with van der Waals surface area (Å²) in [6, 6.07) is 10.0. The van der Waals surface area contributed by atoms with E-state index in [0.717, 1.165) is 21.3 Å². The van der Waals surface area contributed by atoms with Crippen molar-refractivity contribution in [2.45, 2.75) is 19.9 Å². The van der Waals surface area contributed by atoms with Gasteiger partial charge in [0.25, 0.3) is 0 Å². The molecule has 0 saturated heterocycles. The average molecular weight is 338 g/mol. The van der Waals surface area contributed by atoms with Crippen molar-refractivity contribution in [3.05, 3.63) is 63.4 Å². The Hall–Kier alpha value is -1.39. The van der Waals surface area contributed by atoms with Crippen molar-refractivity contribution in [2.24, 2.45) is 5.73 Å². The van der Waals surface area contributed by atoms with Crippen molar-refractivity contribution in [1.82, 2.24) is 0 Å². The highest BCUT2D eigenvalue weighted by molar-refractivity contribution is 9.10. The van der Waals surface area contributed by atoms with E-state index >= 15 is 0 Å². The second-order valence-electron chi connectivity index (χ2n) is 4.62. The first-order valence-corrected chi connectivity index (χ1v) is 7.26. The van der Waals surface area contributed by atoms with Crippen LogP contribution >= 0.6 is 15.9 Å². The van der Waals surface area contributed by atoms with Crippen LogP contribution in [0.2, 0.25) is 0 Å². The van der Waals surface area contributed by atoms with Crippen molar-refractivity contribution < 1.29 is 9.13 Å². The summed E-state index contributed by atoms with van der Waals surface area (Å²) in [4.78, 5) is 0. The molecule has 0 aliphatic rings. The quantitative estimate of drug-likeness (QED) is 0.900. The average Bonchev–Trinajstić information content (AvgIpc) is 2.41. The van der Waals surface area contributed by atoms with Crippen molar-refractivity contribution >= 4 is 15.9 Å². The molecule has 2 aromatic carbocycles. The molecule has 1 atom stereocenters. The molecule has 4 heteroatoms. The zero-order chi connectivity index (χ0) is 14.7. The SMILES string of the molecule is CCOc1ccc(C(N)c2cc(C)ccc2F)c(Br)c1. The van der Waals surface area contributed by atoms with Gasteiger partial charge < -0.3 is 10.5 Å². The van der Waals surface area contributed by atoms with Gasteiger partial charge in [-0.2, -0.15) is 0 Å². The van der Waals surface area contributed by atoms with E-state index in [1.165, 1.54) is 6.07 Å². The van der Waals surface area contributed by atoms with E-state index in [4.69, 9.17) is 10.5 Å². The Kier molecular flexibility index (Phi) is 4.78. The fourth-order valence-corrected chi connectivity index (χ4v) is 2.69. The molecule has 2 N–H and O–H groups in total. The van der Waals surface area contributed by atoms with Crippen LogP contribution in [-0.4, -0.2) is 6.61 Å². The third-order valence-corrected chi connectivity index (χ3v) is 3.79. The normalized spacial score (nSPS) is 12.2. The number of ether oxygens (including phenoxy) is 1. The van der Waals surface area contributed by atoms with E-state index in [2.05, 4.69) is 15.9 Å². The van der Waals surface area contributed by atoms with Crippen LogP contribution in [0.5, 0.6) is 5.75 Å². The Balaban J connectivity index is 2.38. The number of nitrogens with two attached hydrogens (primary N) is 1. The number of benzene rings is 2. The van der Waals surface area contributed by atoms with Crippen LogP contribution in [0, 0.1) is 12.7 Å². The largest absolute Gasteiger partial charge is 0.494 e. The van der Waals surface area contributed by atoms with E-state index in [1.807, 2.05) is 32.0 Å². The summed E-state index contributed by atoms with van der Waals surface area (Å²) in [5.41, 5.74) is 8.51. The molecule has 2 aromatic rings. The lowest BCUT2D eigenvalue weighted by Crippen LogP contribution is -2.14. The summed E-state index contributed by atoms with van der Waals surface area (Å²) in [6.45, 7) is 4.45. The predicted molar refractivity (Wildman–Crippen MR) is 82.5 cm³/mol. The van der Waals surface area contributed by atoms with Crippen molar-refractivity contribution in [2.75, 3.05) is 6.61 Å². The molecule has 1 unspecified atom stereocenters. The Morgan fingerprint density at radius 3 is 2.60 bits per heavy atom. The highest BCUT2D eigenvalue weighted by Gasteiger charge is 2.16. The zero-order valence-electron chi connectivity index (χ0n) is 11.5. The van der Waals surface area contributed by atoms with Gasteiger partial charge in [-0.1, -0.05) is 39.7 Å². The molecule has 0 fully saturated rings. The molecule has 0 bridgehead atoms. The second kappa shape index (κ2) is 6.37. The Morgan fingerprint density at radius 2 is 1.95 bits per heavy atom. The van der Waals surface area contributed by atoms with Crippen LogP contribution in [0.3, 0.4) is 0 Å². The van der Waals surface area contributed by atoms with Crippen LogP contribution in [0.4, 0.5) is 4.39 Å². The molecule has 0 aromatic heterocycles. The Labute approximate surface area is 126 Å². The molecular formula is C16H17BrFNO. The summed E-state index contributed by atoms with van der Waals surface area (Å²) in [7, 11) is 0. The van der Waals surface area contributed by atoms with E-state index in [0.29, 0.717) is 12.2 Å². The lowest BCUT2D eigenvalue weighted by Gasteiger charge is -2.16. The summed E-state index contributed by atoms with van der Waals surface area (Å²) in [5.74, 6) is 0.476. The maximum Gasteiger partial charge on any atom is 0.128 e. The van der Waals surface area contributed by atoms with Gasteiger partial charge in [0.1, 0.15) is 11.6 Å². The van der Waals surface area contributed by atoms with Gasteiger partial charge in [-0.05, 0) is 37.6 Å². The minimum atomic E-state index is -0.514. The first-order chi connectivity index (χ1) is 9.52. The molecule has 0 heterocycles. The minimum absolute atomic E-state index is 0.288. The lowest BCUT2D eigenvalue weighted by molar-refractivity contribution is 0.340. The number of hydrogen-bond acceptors (Lipinski definition) is 2. The van der Waals surface area contributed by atoms with Crippen LogP contribution in [0.1, 0.15) is 29.7 Å². The zero-order valence-corrected chi connectivity index (χ0v) is 13.1. The highest BCUT2D eigenvalue weighted by atomic mass is 79.9. The van der Waals surface area contributed by atoms with Crippen molar-refractivity contribution in [3.8, 4) is 5.75 Å². The number of halogens is 2. The summed E-state index contributed by atoms with van der Waals surface area (Å²) in [6.07, 6.45) is 0. The molecule has 0 aliphatic heterocycles. The van der Waals surface area contributed by atoms with Gasteiger partial charge in [-0.15, -0.1) is 0 Å². The van der Waals surface area contributed by atoms with Gasteiger partial charge in [-0.3, -0.25) is 0 Å². The van der Waals surface area contributed by atoms with Crippen molar-refractivity contribution in [3.63, 3.8) is 0 Å². The first kappa shape index (κ1) is 15.0. The second-order valence-corrected chi connectivity index (χ2v) is 5.47. The smallest absolute Gasteiger partial charge is 0.128 e. The third-order valence-electron chi connectivity index (χ3n) is 3.10. The predicted octanol–water partition coefficient (Wildman–Crippen LogP) is 4.34. The number of rotatable bonds is 4. The maximum absolute atomic E-state index is 13.9. The van der Waals surface area contributed by atoms with Gasteiger partial charge in [-0.25, -0.2) is 4.39 Å². The standard InChI is InChI=1S/C16H17BrFNO/c1-3-20-11-5-6-12(14(17)9-11)16(19)13-8-10(2)4-7-15(13)18/h4-9,16H,3,19H2,1-2H3. The number of hydrogen-bond donors (Lipinski definition) is 1. The molecular weight excluding hydrogens is 321 g/mol. The van der Waals surface area contributed by atoms with E-state index in [9.17, 15) is 4.39 Å². The van der Waals surface area contributed by atoms with Gasteiger partial charge in [0.05, 0.1) is 12.6 Å². The molecule has 106 valence electrons. The topological polar surface area (TPSA) is 35.2 Å². The molecule has 0 amide bonds. The van der Waals surface area contributed by atoms with E-state index in [-0.39, 0.29) is 5.82 Å². The lowest BCUT2D eigenvalue weighted by atomic mass is 9.97. The maximum atomic E-state index is 13.9. The van der Waals surface area contributed by atoms with Crippen LogP contribution in [-0.2, 0) is 0 Å². The molecule has 0 saturated carbocycles. The molecule has 2 nitrogen and oxygen atoms in total. The van der Waals surface area contributed by atoms with E-state index in [1.54, 1.807) is 12.1 Å². The van der Waals surface area contributed by atoms with Gasteiger partial charge >= 0.3 is 0 Å². The number of aryl methyl sites for hydroxylation is 1. The molecule has 0 radical (unpaired) electrons. The summed E-state index contributed by atoms with van der Waals surface area (Å²) >= 11 is 3.48. The van der Waals surface area contributed by atoms with Gasteiger partial charge in [0, 0.05) is 10.0 Å². The highest BCUT2D eigenvalue weighted by Crippen LogP contribution is 2.31. The minimum Gasteiger partial charge on any atom is -0.494 e. The van der Waals surface area contributed by atoms with E-state index < -0.39 is 6.04 Å². The first-order valence-electron chi connectivity index (χ1n) is 6.46. The van der Waals surface area contributed by atoms with Gasteiger partial charge in [0.2, 0.25) is 0 Å². The third kappa shape index (κ3) is 3.19. The Bertz CT molecular complexity index is 615. The van der Waals surface area contributed by atoms with Crippen LogP contribution < -0.4 is 10.5 Å². The summed E-state index contributed by atoms with van der Waals surface area (Å²) < 4.78 is 20.2. The van der Waals surface area contributed by atoms with Crippen molar-refractivity contribution in [1.29, 1.82) is 0 Å². The van der Waals surface area contributed by atoms with Crippen LogP contribution in [0.25, 0.3) is 0 Å². The Morgan fingerprint density at radius 1 is 1.20 bits per heavy atom. The monoisotopic (exact) mass is 337 g/mol. The fraction of sp³-hybridized carbons (Fsp3) is 0.250.